The highest BCUT2D eigenvalue weighted by Gasteiger charge is 2.28. The first kappa shape index (κ1) is 15.7. The first-order valence-corrected chi connectivity index (χ1v) is 9.41. The van der Waals surface area contributed by atoms with Crippen molar-refractivity contribution in [3.63, 3.8) is 0 Å². The zero-order valence-electron chi connectivity index (χ0n) is 11.4. The van der Waals surface area contributed by atoms with Crippen LogP contribution in [0.3, 0.4) is 0 Å². The molecule has 2 heterocycles. The molecule has 0 bridgehead atoms. The van der Waals surface area contributed by atoms with E-state index < -0.39 is 10.0 Å². The Labute approximate surface area is 127 Å². The van der Waals surface area contributed by atoms with E-state index in [0.717, 1.165) is 9.75 Å². The summed E-state index contributed by atoms with van der Waals surface area (Å²) < 4.78 is 27.4. The topological polar surface area (TPSA) is 63.4 Å². The van der Waals surface area contributed by atoms with Crippen LogP contribution in [0.5, 0.6) is 0 Å². The van der Waals surface area contributed by atoms with Crippen LogP contribution in [-0.2, 0) is 23.1 Å². The lowest BCUT2D eigenvalue weighted by atomic mass is 10.4. The Morgan fingerprint density at radius 3 is 2.50 bits per heavy atom. The lowest BCUT2D eigenvalue weighted by Crippen LogP contribution is -2.35. The van der Waals surface area contributed by atoms with Gasteiger partial charge in [0, 0.05) is 28.9 Å². The van der Waals surface area contributed by atoms with Crippen molar-refractivity contribution < 1.29 is 8.42 Å². The van der Waals surface area contributed by atoms with Gasteiger partial charge < -0.3 is 5.73 Å². The summed E-state index contributed by atoms with van der Waals surface area (Å²) in [5.74, 6) is 0. The van der Waals surface area contributed by atoms with E-state index in [1.807, 2.05) is 31.4 Å². The number of rotatable bonds is 6. The number of thiophene rings is 2. The Morgan fingerprint density at radius 1 is 1.25 bits per heavy atom. The molecule has 7 heteroatoms. The third-order valence-corrected chi connectivity index (χ3v) is 7.33. The second-order valence-corrected chi connectivity index (χ2v) is 8.97. The van der Waals surface area contributed by atoms with Crippen molar-refractivity contribution in [2.75, 3.05) is 0 Å². The molecule has 0 radical (unpaired) electrons. The lowest BCUT2D eigenvalue weighted by Gasteiger charge is -2.24. The highest BCUT2D eigenvalue weighted by molar-refractivity contribution is 7.91. The van der Waals surface area contributed by atoms with Crippen LogP contribution in [0.25, 0.3) is 0 Å². The van der Waals surface area contributed by atoms with E-state index in [9.17, 15) is 8.42 Å². The minimum atomic E-state index is -3.46. The Morgan fingerprint density at radius 2 is 2.00 bits per heavy atom. The van der Waals surface area contributed by atoms with Crippen LogP contribution in [0.15, 0.2) is 33.9 Å². The fourth-order valence-electron chi connectivity index (χ4n) is 1.82. The van der Waals surface area contributed by atoms with Crippen molar-refractivity contribution >= 4 is 32.7 Å². The summed E-state index contributed by atoms with van der Waals surface area (Å²) in [6.07, 6.45) is 0. The van der Waals surface area contributed by atoms with Gasteiger partial charge in [0.05, 0.1) is 0 Å². The first-order valence-electron chi connectivity index (χ1n) is 6.28. The monoisotopic (exact) mass is 330 g/mol. The minimum Gasteiger partial charge on any atom is -0.326 e. The highest BCUT2D eigenvalue weighted by atomic mass is 32.2. The maximum atomic E-state index is 12.7. The summed E-state index contributed by atoms with van der Waals surface area (Å²) >= 11 is 2.81. The van der Waals surface area contributed by atoms with Crippen LogP contribution in [0, 0.1) is 0 Å². The molecule has 4 nitrogen and oxygen atoms in total. The SMILES string of the molecule is CC(C)N(Cc1cccs1)S(=O)(=O)c1ccc(CN)s1. The molecule has 2 rings (SSSR count). The summed E-state index contributed by atoms with van der Waals surface area (Å²) in [5, 5.41) is 1.96. The average molecular weight is 331 g/mol. The van der Waals surface area contributed by atoms with E-state index >= 15 is 0 Å². The molecule has 0 saturated heterocycles. The van der Waals surface area contributed by atoms with Gasteiger partial charge in [0.25, 0.3) is 10.0 Å². The Kier molecular flexibility index (Phi) is 4.98. The molecule has 0 unspecified atom stereocenters. The van der Waals surface area contributed by atoms with E-state index in [0.29, 0.717) is 17.3 Å². The van der Waals surface area contributed by atoms with Gasteiger partial charge in [0.2, 0.25) is 0 Å². The van der Waals surface area contributed by atoms with Crippen LogP contribution >= 0.6 is 22.7 Å². The fourth-order valence-corrected chi connectivity index (χ4v) is 5.59. The molecule has 0 fully saturated rings. The molecule has 0 amide bonds. The van der Waals surface area contributed by atoms with Crippen molar-refractivity contribution in [3.05, 3.63) is 39.4 Å². The van der Waals surface area contributed by atoms with Gasteiger partial charge >= 0.3 is 0 Å². The summed E-state index contributed by atoms with van der Waals surface area (Å²) in [6, 6.07) is 7.22. The van der Waals surface area contributed by atoms with Gasteiger partial charge in [-0.1, -0.05) is 6.07 Å². The Bertz CT molecular complexity index is 645. The van der Waals surface area contributed by atoms with Gasteiger partial charge in [-0.2, -0.15) is 4.31 Å². The smallest absolute Gasteiger partial charge is 0.253 e. The van der Waals surface area contributed by atoms with E-state index in [-0.39, 0.29) is 6.04 Å². The summed E-state index contributed by atoms with van der Waals surface area (Å²) in [6.45, 7) is 4.56. The van der Waals surface area contributed by atoms with Crippen molar-refractivity contribution in [1.82, 2.24) is 4.31 Å². The van der Waals surface area contributed by atoms with Gasteiger partial charge in [-0.25, -0.2) is 8.42 Å². The molecular formula is C13H18N2O2S3. The fraction of sp³-hybridized carbons (Fsp3) is 0.385. The molecule has 110 valence electrons. The molecule has 0 saturated carbocycles. The lowest BCUT2D eigenvalue weighted by molar-refractivity contribution is 0.351. The highest BCUT2D eigenvalue weighted by Crippen LogP contribution is 2.28. The molecule has 0 aliphatic heterocycles. The van der Waals surface area contributed by atoms with Crippen LogP contribution in [0.4, 0.5) is 0 Å². The summed E-state index contributed by atoms with van der Waals surface area (Å²) in [4.78, 5) is 1.92. The first-order chi connectivity index (χ1) is 9.45. The van der Waals surface area contributed by atoms with Crippen LogP contribution in [-0.4, -0.2) is 18.8 Å². The average Bonchev–Trinajstić information content (AvgIpc) is 3.06. The van der Waals surface area contributed by atoms with Gasteiger partial charge in [0.1, 0.15) is 4.21 Å². The minimum absolute atomic E-state index is 0.0921. The second-order valence-electron chi connectivity index (χ2n) is 4.65. The quantitative estimate of drug-likeness (QED) is 0.886. The summed E-state index contributed by atoms with van der Waals surface area (Å²) in [7, 11) is -3.46. The Hall–Kier alpha value is -0.730. The van der Waals surface area contributed by atoms with E-state index in [1.54, 1.807) is 23.5 Å². The van der Waals surface area contributed by atoms with Crippen LogP contribution < -0.4 is 5.73 Å². The van der Waals surface area contributed by atoms with Crippen molar-refractivity contribution in [2.24, 2.45) is 5.73 Å². The maximum absolute atomic E-state index is 12.7. The molecule has 20 heavy (non-hydrogen) atoms. The summed E-state index contributed by atoms with van der Waals surface area (Å²) in [5.41, 5.74) is 5.56. The normalized spacial score (nSPS) is 12.4. The van der Waals surface area contributed by atoms with Crippen LogP contribution in [0.1, 0.15) is 23.6 Å². The third-order valence-electron chi connectivity index (χ3n) is 2.87. The molecule has 0 atom stereocenters. The van der Waals surface area contributed by atoms with Gasteiger partial charge in [-0.3, -0.25) is 0 Å². The number of sulfonamides is 1. The van der Waals surface area contributed by atoms with Crippen molar-refractivity contribution in [3.8, 4) is 0 Å². The predicted molar refractivity (Wildman–Crippen MR) is 84.4 cm³/mol. The van der Waals surface area contributed by atoms with Crippen molar-refractivity contribution in [1.29, 1.82) is 0 Å². The molecule has 2 aromatic heterocycles. The third kappa shape index (κ3) is 3.29. The largest absolute Gasteiger partial charge is 0.326 e. The van der Waals surface area contributed by atoms with Crippen molar-refractivity contribution in [2.45, 2.75) is 37.2 Å². The maximum Gasteiger partial charge on any atom is 0.253 e. The Balaban J connectivity index is 2.32. The molecule has 0 spiro atoms. The number of nitrogens with zero attached hydrogens (tertiary/aromatic N) is 1. The zero-order valence-corrected chi connectivity index (χ0v) is 13.9. The molecule has 0 aromatic carbocycles. The van der Waals surface area contributed by atoms with E-state index in [4.69, 9.17) is 5.73 Å². The standard InChI is InChI=1S/C13H18N2O2S3/c1-10(2)15(9-12-4-3-7-18-12)20(16,17)13-6-5-11(8-14)19-13/h3-7,10H,8-9,14H2,1-2H3. The molecule has 2 aromatic rings. The zero-order chi connectivity index (χ0) is 14.8. The number of hydrogen-bond donors (Lipinski definition) is 1. The number of nitrogens with two attached hydrogens (primary N) is 1. The van der Waals surface area contributed by atoms with E-state index in [1.165, 1.54) is 15.6 Å². The van der Waals surface area contributed by atoms with Crippen LogP contribution in [0.2, 0.25) is 0 Å². The molecule has 0 aliphatic rings. The predicted octanol–water partition coefficient (Wildman–Crippen LogP) is 2.87. The second kappa shape index (κ2) is 6.36. The van der Waals surface area contributed by atoms with E-state index in [2.05, 4.69) is 0 Å². The van der Waals surface area contributed by atoms with Gasteiger partial charge in [-0.05, 0) is 37.4 Å². The number of hydrogen-bond acceptors (Lipinski definition) is 5. The molecular weight excluding hydrogens is 312 g/mol. The van der Waals surface area contributed by atoms with Gasteiger partial charge in [0.15, 0.2) is 0 Å². The molecule has 2 N–H and O–H groups in total. The molecule has 0 aliphatic carbocycles. The van der Waals surface area contributed by atoms with Gasteiger partial charge in [-0.15, -0.1) is 22.7 Å².